The fourth-order valence-corrected chi connectivity index (χ4v) is 3.58. The van der Waals surface area contributed by atoms with Gasteiger partial charge >= 0.3 is 0 Å². The van der Waals surface area contributed by atoms with Crippen LogP contribution >= 0.6 is 11.8 Å². The van der Waals surface area contributed by atoms with Crippen LogP contribution < -0.4 is 0 Å². The van der Waals surface area contributed by atoms with Crippen molar-refractivity contribution in [1.29, 1.82) is 0 Å². The van der Waals surface area contributed by atoms with Crippen LogP contribution in [0.1, 0.15) is 36.4 Å². The molecule has 0 bridgehead atoms. The van der Waals surface area contributed by atoms with Crippen LogP contribution in [0.15, 0.2) is 22.7 Å². The average molecular weight is 347 g/mol. The van der Waals surface area contributed by atoms with Crippen LogP contribution in [0.5, 0.6) is 0 Å². The normalized spacial score (nSPS) is 18.7. The summed E-state index contributed by atoms with van der Waals surface area (Å²) >= 11 is 1.67. The number of H-pyrrole nitrogens is 1. The summed E-state index contributed by atoms with van der Waals surface area (Å²) in [6, 6.07) is 4.79. The molecule has 0 spiro atoms. The molecule has 6 nitrogen and oxygen atoms in total. The van der Waals surface area contributed by atoms with Crippen molar-refractivity contribution in [2.45, 2.75) is 31.2 Å². The Morgan fingerprint density at radius 1 is 1.42 bits per heavy atom. The second-order valence-electron chi connectivity index (χ2n) is 5.95. The number of halogens is 1. The molecule has 1 aromatic carbocycles. The number of fused-ring (bicyclic) bond motifs is 1. The van der Waals surface area contributed by atoms with Crippen LogP contribution in [0.3, 0.4) is 0 Å². The highest BCUT2D eigenvalue weighted by atomic mass is 32.2. The van der Waals surface area contributed by atoms with E-state index in [2.05, 4.69) is 25.0 Å². The monoisotopic (exact) mass is 347 g/mol. The molecule has 1 aliphatic heterocycles. The van der Waals surface area contributed by atoms with Crippen LogP contribution in [-0.4, -0.2) is 37.8 Å². The number of aromatic amines is 1. The average Bonchev–Trinajstić information content (AvgIpc) is 3.27. The predicted molar refractivity (Wildman–Crippen MR) is 90.0 cm³/mol. The highest BCUT2D eigenvalue weighted by Crippen LogP contribution is 2.32. The lowest BCUT2D eigenvalue weighted by Gasteiger charge is -2.20. The zero-order valence-electron chi connectivity index (χ0n) is 13.3. The molecule has 1 atom stereocenters. The van der Waals surface area contributed by atoms with Crippen molar-refractivity contribution in [2.24, 2.45) is 0 Å². The SMILES string of the molecule is CSCc1noc(CN2CCC[C@@H]2c2nc3ccc(F)cc3[nH]2)n1. The molecule has 126 valence electrons. The molecule has 4 rings (SSSR count). The molecule has 3 heterocycles. The Labute approximate surface area is 142 Å². The van der Waals surface area contributed by atoms with Gasteiger partial charge in [-0.1, -0.05) is 5.16 Å². The Kier molecular flexibility index (Phi) is 4.24. The van der Waals surface area contributed by atoms with Gasteiger partial charge in [-0.05, 0) is 43.8 Å². The first-order chi connectivity index (χ1) is 11.7. The van der Waals surface area contributed by atoms with Gasteiger partial charge in [-0.15, -0.1) is 0 Å². The lowest BCUT2D eigenvalue weighted by atomic mass is 10.2. The van der Waals surface area contributed by atoms with Crippen molar-refractivity contribution in [2.75, 3.05) is 12.8 Å². The van der Waals surface area contributed by atoms with E-state index in [1.807, 2.05) is 6.26 Å². The number of hydrogen-bond donors (Lipinski definition) is 1. The van der Waals surface area contributed by atoms with Crippen LogP contribution in [-0.2, 0) is 12.3 Å². The Morgan fingerprint density at radius 3 is 3.21 bits per heavy atom. The van der Waals surface area contributed by atoms with Gasteiger partial charge in [0.05, 0.1) is 29.4 Å². The van der Waals surface area contributed by atoms with E-state index < -0.39 is 0 Å². The van der Waals surface area contributed by atoms with Gasteiger partial charge in [-0.3, -0.25) is 4.90 Å². The summed E-state index contributed by atoms with van der Waals surface area (Å²) in [6.07, 6.45) is 4.10. The van der Waals surface area contributed by atoms with Crippen LogP contribution in [0, 0.1) is 5.82 Å². The van der Waals surface area contributed by atoms with Crippen LogP contribution in [0.25, 0.3) is 11.0 Å². The smallest absolute Gasteiger partial charge is 0.240 e. The molecule has 0 amide bonds. The van der Waals surface area contributed by atoms with Crippen LogP contribution in [0.2, 0.25) is 0 Å². The minimum Gasteiger partial charge on any atom is -0.341 e. The van der Waals surface area contributed by atoms with Crippen molar-refractivity contribution in [3.63, 3.8) is 0 Å². The maximum atomic E-state index is 13.4. The van der Waals surface area contributed by atoms with Gasteiger partial charge in [-0.2, -0.15) is 16.7 Å². The molecule has 0 saturated carbocycles. The van der Waals surface area contributed by atoms with Crippen LogP contribution in [0.4, 0.5) is 4.39 Å². The van der Waals surface area contributed by atoms with E-state index in [9.17, 15) is 4.39 Å². The predicted octanol–water partition coefficient (Wildman–Crippen LogP) is 3.29. The third-order valence-corrected chi connectivity index (χ3v) is 4.81. The largest absolute Gasteiger partial charge is 0.341 e. The van der Waals surface area contributed by atoms with Crippen molar-refractivity contribution in [3.05, 3.63) is 41.6 Å². The maximum Gasteiger partial charge on any atom is 0.240 e. The molecule has 8 heteroatoms. The molecular weight excluding hydrogens is 329 g/mol. The number of hydrogen-bond acceptors (Lipinski definition) is 6. The number of nitrogens with zero attached hydrogens (tertiary/aromatic N) is 4. The van der Waals surface area contributed by atoms with Crippen molar-refractivity contribution in [3.8, 4) is 0 Å². The summed E-state index contributed by atoms with van der Waals surface area (Å²) in [6.45, 7) is 1.56. The van der Waals surface area contributed by atoms with Gasteiger partial charge in [-0.25, -0.2) is 9.37 Å². The quantitative estimate of drug-likeness (QED) is 0.764. The minimum atomic E-state index is -0.256. The molecule has 1 fully saturated rings. The molecule has 1 aliphatic rings. The molecule has 0 unspecified atom stereocenters. The highest BCUT2D eigenvalue weighted by Gasteiger charge is 2.30. The number of likely N-dealkylation sites (tertiary alicyclic amines) is 1. The molecule has 0 radical (unpaired) electrons. The fraction of sp³-hybridized carbons (Fsp3) is 0.438. The summed E-state index contributed by atoms with van der Waals surface area (Å²) in [7, 11) is 0. The first-order valence-electron chi connectivity index (χ1n) is 7.92. The molecule has 24 heavy (non-hydrogen) atoms. The number of nitrogens with one attached hydrogen (secondary N) is 1. The number of imidazole rings is 1. The minimum absolute atomic E-state index is 0.163. The highest BCUT2D eigenvalue weighted by molar-refractivity contribution is 7.97. The standard InChI is InChI=1S/C16H18FN5OS/c1-24-9-14-20-15(23-21-14)8-22-6-2-3-13(22)16-18-11-5-4-10(17)7-12(11)19-16/h4-5,7,13H,2-3,6,8-9H2,1H3,(H,18,19)/t13-/m1/s1. The van der Waals surface area contributed by atoms with Crippen molar-refractivity contribution < 1.29 is 8.91 Å². The lowest BCUT2D eigenvalue weighted by Crippen LogP contribution is -2.23. The van der Waals surface area contributed by atoms with E-state index in [1.54, 1.807) is 17.8 Å². The van der Waals surface area contributed by atoms with Gasteiger partial charge in [0, 0.05) is 0 Å². The Bertz CT molecular complexity index is 848. The summed E-state index contributed by atoms with van der Waals surface area (Å²) < 4.78 is 18.7. The zero-order valence-corrected chi connectivity index (χ0v) is 14.1. The first kappa shape index (κ1) is 15.6. The van der Waals surface area contributed by atoms with Crippen molar-refractivity contribution >= 4 is 22.8 Å². The summed E-state index contributed by atoms with van der Waals surface area (Å²) in [5, 5.41) is 3.99. The molecule has 2 aromatic heterocycles. The van der Waals surface area contributed by atoms with Gasteiger partial charge < -0.3 is 9.51 Å². The zero-order chi connectivity index (χ0) is 16.5. The molecule has 1 N–H and O–H groups in total. The van der Waals surface area contributed by atoms with E-state index in [4.69, 9.17) is 4.52 Å². The second kappa shape index (κ2) is 6.52. The van der Waals surface area contributed by atoms with Crippen molar-refractivity contribution in [1.82, 2.24) is 25.0 Å². The van der Waals surface area contributed by atoms with Gasteiger partial charge in [0.25, 0.3) is 0 Å². The number of aromatic nitrogens is 4. The summed E-state index contributed by atoms with van der Waals surface area (Å²) in [5.41, 5.74) is 1.52. The Hall–Kier alpha value is -1.93. The summed E-state index contributed by atoms with van der Waals surface area (Å²) in [5.74, 6) is 2.73. The van der Waals surface area contributed by atoms with E-state index in [1.165, 1.54) is 12.1 Å². The van der Waals surface area contributed by atoms with Gasteiger partial charge in [0.15, 0.2) is 5.82 Å². The lowest BCUT2D eigenvalue weighted by molar-refractivity contribution is 0.207. The Morgan fingerprint density at radius 2 is 2.33 bits per heavy atom. The number of rotatable bonds is 5. The molecule has 0 aliphatic carbocycles. The topological polar surface area (TPSA) is 70.8 Å². The molecular formula is C16H18FN5OS. The third-order valence-electron chi connectivity index (χ3n) is 4.26. The second-order valence-corrected chi connectivity index (χ2v) is 6.82. The van der Waals surface area contributed by atoms with Gasteiger partial charge in [0.2, 0.25) is 5.89 Å². The van der Waals surface area contributed by atoms with E-state index >= 15 is 0 Å². The Balaban J connectivity index is 1.54. The fourth-order valence-electron chi connectivity index (χ4n) is 3.20. The molecule has 1 saturated heterocycles. The number of thioether (sulfide) groups is 1. The molecule has 3 aromatic rings. The number of benzene rings is 1. The van der Waals surface area contributed by atoms with E-state index in [0.29, 0.717) is 12.4 Å². The van der Waals surface area contributed by atoms with Gasteiger partial charge in [0.1, 0.15) is 11.6 Å². The maximum absolute atomic E-state index is 13.4. The first-order valence-corrected chi connectivity index (χ1v) is 9.32. The van der Waals surface area contributed by atoms with E-state index in [0.717, 1.165) is 47.8 Å². The third kappa shape index (κ3) is 3.03. The summed E-state index contributed by atoms with van der Waals surface area (Å²) in [4.78, 5) is 14.6. The van der Waals surface area contributed by atoms with E-state index in [-0.39, 0.29) is 11.9 Å².